The van der Waals surface area contributed by atoms with Gasteiger partial charge in [0.05, 0.1) is 37.8 Å². The van der Waals surface area contributed by atoms with E-state index in [9.17, 15) is 9.18 Å². The van der Waals surface area contributed by atoms with E-state index in [-0.39, 0.29) is 12.1 Å². The van der Waals surface area contributed by atoms with Gasteiger partial charge in [0.1, 0.15) is 0 Å². The van der Waals surface area contributed by atoms with Gasteiger partial charge < -0.3 is 15.0 Å². The third kappa shape index (κ3) is 4.32. The van der Waals surface area contributed by atoms with E-state index in [1.807, 2.05) is 30.3 Å². The smallest absolute Gasteiger partial charge is 0.322 e. The minimum absolute atomic E-state index is 0.207. The van der Waals surface area contributed by atoms with Gasteiger partial charge in [0, 0.05) is 25.7 Å². The summed E-state index contributed by atoms with van der Waals surface area (Å²) in [5.41, 5.74) is 1.78. The monoisotopic (exact) mass is 332 g/mol. The zero-order valence-corrected chi connectivity index (χ0v) is 13.4. The molecule has 1 aromatic carbocycles. The molecule has 7 heteroatoms. The second-order valence-electron chi connectivity index (χ2n) is 5.76. The molecule has 1 aliphatic rings. The lowest BCUT2D eigenvalue weighted by Crippen LogP contribution is -2.47. The van der Waals surface area contributed by atoms with Crippen LogP contribution in [0.15, 0.2) is 42.7 Å². The summed E-state index contributed by atoms with van der Waals surface area (Å²) in [6, 6.07) is 9.77. The quantitative estimate of drug-likeness (QED) is 0.915. The molecule has 1 unspecified atom stereocenters. The highest BCUT2D eigenvalue weighted by Crippen LogP contribution is 2.13. The Bertz CT molecular complexity index is 660. The molecule has 3 rings (SSSR count). The Morgan fingerprint density at radius 3 is 3.00 bits per heavy atom. The van der Waals surface area contributed by atoms with E-state index in [4.69, 9.17) is 4.74 Å². The highest BCUT2D eigenvalue weighted by atomic mass is 19.1. The Morgan fingerprint density at radius 2 is 2.21 bits per heavy atom. The third-order valence-corrected chi connectivity index (χ3v) is 3.93. The molecular weight excluding hydrogens is 311 g/mol. The molecule has 2 amide bonds. The average Bonchev–Trinajstić information content (AvgIpc) is 3.03. The lowest BCUT2D eigenvalue weighted by atomic mass is 10.2. The summed E-state index contributed by atoms with van der Waals surface area (Å²) in [4.78, 5) is 14.0. The van der Waals surface area contributed by atoms with Crippen LogP contribution in [0.1, 0.15) is 12.0 Å². The Kier molecular flexibility index (Phi) is 5.43. The molecule has 2 heterocycles. The number of ether oxygens (including phenoxy) is 1. The van der Waals surface area contributed by atoms with Gasteiger partial charge in [-0.3, -0.25) is 9.07 Å². The number of nitrogens with zero attached hydrogens (tertiary/aromatic N) is 3. The predicted molar refractivity (Wildman–Crippen MR) is 88.7 cm³/mol. The van der Waals surface area contributed by atoms with Crippen molar-refractivity contribution < 1.29 is 13.9 Å². The first kappa shape index (κ1) is 16.4. The van der Waals surface area contributed by atoms with E-state index in [2.05, 4.69) is 10.4 Å². The molecule has 0 bridgehead atoms. The summed E-state index contributed by atoms with van der Waals surface area (Å²) in [5, 5.41) is 7.10. The van der Waals surface area contributed by atoms with E-state index in [1.165, 1.54) is 0 Å². The molecule has 0 radical (unpaired) electrons. The maximum Gasteiger partial charge on any atom is 0.322 e. The second kappa shape index (κ2) is 7.92. The van der Waals surface area contributed by atoms with Crippen molar-refractivity contribution in [3.8, 4) is 0 Å². The summed E-state index contributed by atoms with van der Waals surface area (Å²) in [5.74, 6) is 0. The Balaban J connectivity index is 1.55. The van der Waals surface area contributed by atoms with Gasteiger partial charge in [-0.1, -0.05) is 30.3 Å². The number of nitrogens with one attached hydrogen (secondary N) is 1. The van der Waals surface area contributed by atoms with Crippen LogP contribution in [0.25, 0.3) is 0 Å². The topological polar surface area (TPSA) is 59.4 Å². The molecule has 1 saturated heterocycles. The SMILES string of the molecule is O=C(Nc1cnn(Cc2ccccc2)c1)N1CCOC(CCF)C1. The van der Waals surface area contributed by atoms with Crippen LogP contribution in [0, 0.1) is 0 Å². The van der Waals surface area contributed by atoms with Crippen LogP contribution in [0.5, 0.6) is 0 Å². The van der Waals surface area contributed by atoms with Crippen molar-refractivity contribution >= 4 is 11.7 Å². The molecule has 2 aromatic rings. The van der Waals surface area contributed by atoms with Crippen molar-refractivity contribution in [3.63, 3.8) is 0 Å². The standard InChI is InChI=1S/C17H21FN4O2/c18-7-6-16-13-21(8-9-24-16)17(23)20-15-10-19-22(12-15)11-14-4-2-1-3-5-14/h1-5,10,12,16H,6-9,11,13H2,(H,20,23). The Morgan fingerprint density at radius 1 is 1.38 bits per heavy atom. The highest BCUT2D eigenvalue weighted by Gasteiger charge is 2.24. The number of hydrogen-bond donors (Lipinski definition) is 1. The fourth-order valence-corrected chi connectivity index (χ4v) is 2.69. The molecule has 0 saturated carbocycles. The number of carbonyl (C=O) groups is 1. The Hall–Kier alpha value is -2.41. The third-order valence-electron chi connectivity index (χ3n) is 3.93. The molecule has 24 heavy (non-hydrogen) atoms. The second-order valence-corrected chi connectivity index (χ2v) is 5.76. The van der Waals surface area contributed by atoms with Crippen LogP contribution in [-0.2, 0) is 11.3 Å². The van der Waals surface area contributed by atoms with E-state index in [0.717, 1.165) is 5.56 Å². The van der Waals surface area contributed by atoms with Gasteiger partial charge in [0.2, 0.25) is 0 Å². The molecule has 0 spiro atoms. The molecule has 1 N–H and O–H groups in total. The summed E-state index contributed by atoms with van der Waals surface area (Å²) in [6.45, 7) is 1.56. The van der Waals surface area contributed by atoms with Crippen LogP contribution in [-0.4, -0.2) is 53.2 Å². The van der Waals surface area contributed by atoms with Crippen LogP contribution < -0.4 is 5.32 Å². The van der Waals surface area contributed by atoms with Crippen molar-refractivity contribution in [3.05, 3.63) is 48.3 Å². The van der Waals surface area contributed by atoms with E-state index >= 15 is 0 Å². The van der Waals surface area contributed by atoms with Gasteiger partial charge in [-0.05, 0) is 5.56 Å². The highest BCUT2D eigenvalue weighted by molar-refractivity contribution is 5.89. The van der Waals surface area contributed by atoms with Crippen molar-refractivity contribution in [2.24, 2.45) is 0 Å². The summed E-state index contributed by atoms with van der Waals surface area (Å²) >= 11 is 0. The largest absolute Gasteiger partial charge is 0.374 e. The lowest BCUT2D eigenvalue weighted by molar-refractivity contribution is -0.0186. The predicted octanol–water partition coefficient (Wildman–Crippen LogP) is 2.52. The van der Waals surface area contributed by atoms with Gasteiger partial charge >= 0.3 is 6.03 Å². The number of amides is 2. The minimum atomic E-state index is -0.438. The maximum absolute atomic E-state index is 12.4. The normalized spacial score (nSPS) is 17.7. The van der Waals surface area contributed by atoms with Crippen LogP contribution in [0.2, 0.25) is 0 Å². The van der Waals surface area contributed by atoms with Gasteiger partial charge in [0.15, 0.2) is 0 Å². The average molecular weight is 332 g/mol. The van der Waals surface area contributed by atoms with Crippen molar-refractivity contribution in [1.82, 2.24) is 14.7 Å². The number of morpholine rings is 1. The maximum atomic E-state index is 12.4. The zero-order chi connectivity index (χ0) is 16.8. The van der Waals surface area contributed by atoms with Gasteiger partial charge in [0.25, 0.3) is 0 Å². The van der Waals surface area contributed by atoms with Crippen LogP contribution in [0.4, 0.5) is 14.9 Å². The number of hydrogen-bond acceptors (Lipinski definition) is 3. The summed E-state index contributed by atoms with van der Waals surface area (Å²) in [6.07, 6.45) is 3.51. The number of alkyl halides is 1. The first-order valence-corrected chi connectivity index (χ1v) is 8.04. The van der Waals surface area contributed by atoms with Crippen molar-refractivity contribution in [2.75, 3.05) is 31.7 Å². The van der Waals surface area contributed by atoms with E-state index in [0.29, 0.717) is 38.3 Å². The molecule has 6 nitrogen and oxygen atoms in total. The first-order chi connectivity index (χ1) is 11.7. The number of urea groups is 1. The molecular formula is C17H21FN4O2. The molecule has 0 aliphatic carbocycles. The minimum Gasteiger partial charge on any atom is -0.374 e. The molecule has 1 aromatic heterocycles. The van der Waals surface area contributed by atoms with Crippen LogP contribution in [0.3, 0.4) is 0 Å². The lowest BCUT2D eigenvalue weighted by Gasteiger charge is -2.32. The van der Waals surface area contributed by atoms with Crippen LogP contribution >= 0.6 is 0 Å². The number of anilines is 1. The number of carbonyl (C=O) groups excluding carboxylic acids is 1. The molecule has 1 atom stereocenters. The number of aromatic nitrogens is 2. The van der Waals surface area contributed by atoms with E-state index < -0.39 is 6.67 Å². The number of benzene rings is 1. The number of rotatable bonds is 5. The Labute approximate surface area is 140 Å². The summed E-state index contributed by atoms with van der Waals surface area (Å²) in [7, 11) is 0. The number of halogens is 1. The van der Waals surface area contributed by atoms with E-state index in [1.54, 1.807) is 22.0 Å². The van der Waals surface area contributed by atoms with Gasteiger partial charge in [-0.25, -0.2) is 4.79 Å². The van der Waals surface area contributed by atoms with Gasteiger partial charge in [-0.15, -0.1) is 0 Å². The van der Waals surface area contributed by atoms with Crippen molar-refractivity contribution in [1.29, 1.82) is 0 Å². The van der Waals surface area contributed by atoms with Gasteiger partial charge in [-0.2, -0.15) is 5.10 Å². The molecule has 128 valence electrons. The van der Waals surface area contributed by atoms with Crippen molar-refractivity contribution in [2.45, 2.75) is 19.1 Å². The molecule has 1 fully saturated rings. The zero-order valence-electron chi connectivity index (χ0n) is 13.4. The summed E-state index contributed by atoms with van der Waals surface area (Å²) < 4.78 is 19.6. The first-order valence-electron chi connectivity index (χ1n) is 8.04. The molecule has 1 aliphatic heterocycles. The fourth-order valence-electron chi connectivity index (χ4n) is 2.69. The fraction of sp³-hybridized carbons (Fsp3) is 0.412.